The molecule has 0 fully saturated rings. The molecule has 1 amide bonds. The number of aryl methyl sites for hydroxylation is 2. The number of para-hydroxylation sites is 1. The zero-order valence-corrected chi connectivity index (χ0v) is 15.8. The maximum atomic E-state index is 13.2. The van der Waals surface area contributed by atoms with Crippen LogP contribution in [0.15, 0.2) is 54.1 Å². The first-order valence-corrected chi connectivity index (χ1v) is 8.71. The predicted molar refractivity (Wildman–Crippen MR) is 106 cm³/mol. The molecule has 3 aromatic rings. The normalized spacial score (nSPS) is 11.2. The molecule has 0 spiro atoms. The summed E-state index contributed by atoms with van der Waals surface area (Å²) in [4.78, 5) is 12.6. The topological polar surface area (TPSA) is 70.7 Å². The number of anilines is 1. The van der Waals surface area contributed by atoms with Crippen molar-refractivity contribution in [3.63, 3.8) is 0 Å². The van der Waals surface area contributed by atoms with E-state index in [-0.39, 0.29) is 11.4 Å². The molecule has 0 saturated carbocycles. The minimum atomic E-state index is -0.481. The lowest BCUT2D eigenvalue weighted by atomic mass is 10.1. The molecule has 0 aliphatic carbocycles. The second-order valence-electron chi connectivity index (χ2n) is 6.41. The van der Waals surface area contributed by atoms with Crippen LogP contribution < -0.4 is 5.32 Å². The van der Waals surface area contributed by atoms with Gasteiger partial charge < -0.3 is 5.32 Å². The standard InChI is InChI=1S/C22H19FN4O/c1-14-6-4-5-7-21(14)25-22(28)17(13-24)12-20-15(2)26-27(16(20)3)19-10-8-18(23)9-11-19/h4-12H,1-3H3,(H,25,28)/b17-12-. The molecular weight excluding hydrogens is 355 g/mol. The Hall–Kier alpha value is -3.72. The molecule has 140 valence electrons. The largest absolute Gasteiger partial charge is 0.321 e. The van der Waals surface area contributed by atoms with Crippen molar-refractivity contribution in [3.8, 4) is 11.8 Å². The first kappa shape index (κ1) is 19.1. The van der Waals surface area contributed by atoms with Gasteiger partial charge in [0.25, 0.3) is 5.91 Å². The molecule has 0 bridgehead atoms. The number of hydrogen-bond donors (Lipinski definition) is 1. The fraction of sp³-hybridized carbons (Fsp3) is 0.136. The number of nitrogens with one attached hydrogen (secondary N) is 1. The van der Waals surface area contributed by atoms with Crippen LogP contribution in [0.3, 0.4) is 0 Å². The van der Waals surface area contributed by atoms with Crippen molar-refractivity contribution in [1.29, 1.82) is 5.26 Å². The van der Waals surface area contributed by atoms with Crippen LogP contribution in [0.25, 0.3) is 11.8 Å². The number of amides is 1. The summed E-state index contributed by atoms with van der Waals surface area (Å²) in [6.07, 6.45) is 1.53. The van der Waals surface area contributed by atoms with E-state index < -0.39 is 5.91 Å². The smallest absolute Gasteiger partial charge is 0.266 e. The van der Waals surface area contributed by atoms with Crippen molar-refractivity contribution >= 4 is 17.7 Å². The minimum Gasteiger partial charge on any atom is -0.321 e. The average Bonchev–Trinajstić information content (AvgIpc) is 2.96. The third-order valence-electron chi connectivity index (χ3n) is 4.47. The Labute approximate surface area is 162 Å². The Bertz CT molecular complexity index is 1100. The molecular formula is C22H19FN4O. The van der Waals surface area contributed by atoms with Crippen LogP contribution in [0.4, 0.5) is 10.1 Å². The number of benzene rings is 2. The van der Waals surface area contributed by atoms with Crippen molar-refractivity contribution < 1.29 is 9.18 Å². The zero-order chi connectivity index (χ0) is 20.3. The molecule has 0 aliphatic rings. The van der Waals surface area contributed by atoms with E-state index >= 15 is 0 Å². The van der Waals surface area contributed by atoms with E-state index in [2.05, 4.69) is 10.4 Å². The van der Waals surface area contributed by atoms with Crippen molar-refractivity contribution in [1.82, 2.24) is 9.78 Å². The van der Waals surface area contributed by atoms with Crippen LogP contribution in [0.5, 0.6) is 0 Å². The minimum absolute atomic E-state index is 0.0203. The molecule has 0 radical (unpaired) electrons. The number of nitrogens with zero attached hydrogens (tertiary/aromatic N) is 3. The van der Waals surface area contributed by atoms with Crippen LogP contribution in [0, 0.1) is 37.9 Å². The van der Waals surface area contributed by atoms with Crippen LogP contribution >= 0.6 is 0 Å². The van der Waals surface area contributed by atoms with Gasteiger partial charge in [-0.1, -0.05) is 18.2 Å². The summed E-state index contributed by atoms with van der Waals surface area (Å²) < 4.78 is 14.8. The van der Waals surface area contributed by atoms with E-state index in [1.54, 1.807) is 29.8 Å². The number of nitriles is 1. The van der Waals surface area contributed by atoms with Gasteiger partial charge >= 0.3 is 0 Å². The fourth-order valence-corrected chi connectivity index (χ4v) is 2.89. The summed E-state index contributed by atoms with van der Waals surface area (Å²) >= 11 is 0. The Morgan fingerprint density at radius 2 is 1.82 bits per heavy atom. The third kappa shape index (κ3) is 3.84. The van der Waals surface area contributed by atoms with Gasteiger partial charge in [0.1, 0.15) is 17.5 Å². The number of aromatic nitrogens is 2. The predicted octanol–water partition coefficient (Wildman–Crippen LogP) is 4.48. The second-order valence-corrected chi connectivity index (χ2v) is 6.41. The lowest BCUT2D eigenvalue weighted by molar-refractivity contribution is -0.112. The lowest BCUT2D eigenvalue weighted by Crippen LogP contribution is -2.14. The van der Waals surface area contributed by atoms with Gasteiger partial charge in [0.2, 0.25) is 0 Å². The van der Waals surface area contributed by atoms with Crippen LogP contribution in [0.1, 0.15) is 22.5 Å². The maximum absolute atomic E-state index is 13.2. The summed E-state index contributed by atoms with van der Waals surface area (Å²) in [7, 11) is 0. The fourth-order valence-electron chi connectivity index (χ4n) is 2.89. The monoisotopic (exact) mass is 374 g/mol. The Morgan fingerprint density at radius 3 is 2.46 bits per heavy atom. The molecule has 2 aromatic carbocycles. The molecule has 6 heteroatoms. The maximum Gasteiger partial charge on any atom is 0.266 e. The molecule has 0 aliphatic heterocycles. The number of carbonyl (C=O) groups is 1. The molecule has 0 unspecified atom stereocenters. The van der Waals surface area contributed by atoms with Crippen molar-refractivity contribution in [2.24, 2.45) is 0 Å². The van der Waals surface area contributed by atoms with Crippen molar-refractivity contribution in [2.75, 3.05) is 5.32 Å². The summed E-state index contributed by atoms with van der Waals surface area (Å²) in [5.41, 5.74) is 4.34. The van der Waals surface area contributed by atoms with Gasteiger partial charge in [0.05, 0.1) is 11.4 Å². The van der Waals surface area contributed by atoms with Gasteiger partial charge in [-0.2, -0.15) is 10.4 Å². The van der Waals surface area contributed by atoms with Crippen LogP contribution in [-0.2, 0) is 4.79 Å². The number of hydrogen-bond acceptors (Lipinski definition) is 3. The van der Waals surface area contributed by atoms with E-state index in [1.165, 1.54) is 18.2 Å². The molecule has 1 N–H and O–H groups in total. The molecule has 0 saturated heterocycles. The number of halogens is 1. The third-order valence-corrected chi connectivity index (χ3v) is 4.47. The SMILES string of the molecule is Cc1ccccc1NC(=O)/C(C#N)=C\c1c(C)nn(-c2ccc(F)cc2)c1C. The first-order valence-electron chi connectivity index (χ1n) is 8.71. The van der Waals surface area contributed by atoms with Gasteiger partial charge in [0.15, 0.2) is 0 Å². The molecule has 5 nitrogen and oxygen atoms in total. The second kappa shape index (κ2) is 7.89. The van der Waals surface area contributed by atoms with Gasteiger partial charge in [-0.05, 0) is 62.7 Å². The van der Waals surface area contributed by atoms with Gasteiger partial charge in [0, 0.05) is 16.9 Å². The lowest BCUT2D eigenvalue weighted by Gasteiger charge is -2.07. The van der Waals surface area contributed by atoms with Gasteiger partial charge in [-0.15, -0.1) is 0 Å². The van der Waals surface area contributed by atoms with Gasteiger partial charge in [-0.25, -0.2) is 9.07 Å². The highest BCUT2D eigenvalue weighted by Crippen LogP contribution is 2.22. The Morgan fingerprint density at radius 1 is 1.14 bits per heavy atom. The van der Waals surface area contributed by atoms with Crippen molar-refractivity contribution in [2.45, 2.75) is 20.8 Å². The summed E-state index contributed by atoms with van der Waals surface area (Å²) in [5, 5.41) is 16.7. The highest BCUT2D eigenvalue weighted by atomic mass is 19.1. The summed E-state index contributed by atoms with van der Waals surface area (Å²) in [5.74, 6) is -0.810. The zero-order valence-electron chi connectivity index (χ0n) is 15.8. The molecule has 1 heterocycles. The van der Waals surface area contributed by atoms with E-state index in [0.717, 1.165) is 11.3 Å². The molecule has 0 atom stereocenters. The van der Waals surface area contributed by atoms with E-state index in [4.69, 9.17) is 0 Å². The number of rotatable bonds is 4. The van der Waals surface area contributed by atoms with Gasteiger partial charge in [-0.3, -0.25) is 4.79 Å². The van der Waals surface area contributed by atoms with Crippen LogP contribution in [0.2, 0.25) is 0 Å². The summed E-state index contributed by atoms with van der Waals surface area (Å²) in [6, 6.07) is 15.3. The molecule has 1 aromatic heterocycles. The van der Waals surface area contributed by atoms with E-state index in [1.807, 2.05) is 38.1 Å². The Balaban J connectivity index is 1.95. The average molecular weight is 374 g/mol. The van der Waals surface area contributed by atoms with E-state index in [9.17, 15) is 14.4 Å². The Kier molecular flexibility index (Phi) is 5.37. The first-order chi connectivity index (χ1) is 13.4. The molecule has 3 rings (SSSR count). The van der Waals surface area contributed by atoms with Crippen molar-refractivity contribution in [3.05, 3.63) is 82.4 Å². The highest BCUT2D eigenvalue weighted by molar-refractivity contribution is 6.10. The highest BCUT2D eigenvalue weighted by Gasteiger charge is 2.16. The molecule has 28 heavy (non-hydrogen) atoms. The quantitative estimate of drug-likeness (QED) is 0.541. The summed E-state index contributed by atoms with van der Waals surface area (Å²) in [6.45, 7) is 5.52. The number of carbonyl (C=O) groups excluding carboxylic acids is 1. The van der Waals surface area contributed by atoms with Crippen LogP contribution in [-0.4, -0.2) is 15.7 Å². The van der Waals surface area contributed by atoms with E-state index in [0.29, 0.717) is 22.6 Å².